The lowest BCUT2D eigenvalue weighted by molar-refractivity contribution is -0.142. The molecule has 1 aromatic carbocycles. The molecule has 0 radical (unpaired) electrons. The van der Waals surface area contributed by atoms with Crippen molar-refractivity contribution in [2.75, 3.05) is 6.61 Å². The maximum absolute atomic E-state index is 14.4. The molecule has 0 amide bonds. The monoisotopic (exact) mass is 507 g/mol. The molecular formula is C29H34FN3O4. The molecule has 1 N–H and O–H groups in total. The lowest BCUT2D eigenvalue weighted by Gasteiger charge is -2.28. The minimum atomic E-state index is -0.775. The van der Waals surface area contributed by atoms with Gasteiger partial charge in [0.1, 0.15) is 17.7 Å². The first kappa shape index (κ1) is 26.5. The first-order valence-corrected chi connectivity index (χ1v) is 12.8. The number of benzene rings is 1. The fourth-order valence-electron chi connectivity index (χ4n) is 5.03. The van der Waals surface area contributed by atoms with Gasteiger partial charge in [-0.25, -0.2) is 9.38 Å². The summed E-state index contributed by atoms with van der Waals surface area (Å²) in [5.41, 5.74) is 3.98. The number of allylic oxidation sites excluding steroid dienone is 3. The zero-order valence-corrected chi connectivity index (χ0v) is 21.8. The van der Waals surface area contributed by atoms with Crippen molar-refractivity contribution in [2.24, 2.45) is 16.8 Å². The molecule has 1 aromatic heterocycles. The number of carboxylic acid groups (broad SMARTS) is 1. The van der Waals surface area contributed by atoms with Crippen LogP contribution in [0.1, 0.15) is 80.3 Å². The maximum Gasteiger partial charge on any atom is 0.306 e. The largest absolute Gasteiger partial charge is 0.484 e. The highest BCUT2D eigenvalue weighted by atomic mass is 19.1. The minimum Gasteiger partial charge on any atom is -0.484 e. The number of rotatable bonds is 10. The molecule has 37 heavy (non-hydrogen) atoms. The van der Waals surface area contributed by atoms with Crippen LogP contribution in [0.5, 0.6) is 5.75 Å². The number of carboxylic acids is 1. The van der Waals surface area contributed by atoms with E-state index in [0.29, 0.717) is 29.6 Å². The van der Waals surface area contributed by atoms with Crippen molar-refractivity contribution < 1.29 is 23.8 Å². The second-order valence-electron chi connectivity index (χ2n) is 9.75. The second kappa shape index (κ2) is 11.2. The van der Waals surface area contributed by atoms with Crippen LogP contribution in [0, 0.1) is 18.8 Å². The van der Waals surface area contributed by atoms with E-state index >= 15 is 0 Å². The molecule has 2 aromatic rings. The van der Waals surface area contributed by atoms with Crippen LogP contribution in [-0.2, 0) is 16.0 Å². The Morgan fingerprint density at radius 3 is 2.73 bits per heavy atom. The van der Waals surface area contributed by atoms with Crippen LogP contribution in [0.25, 0.3) is 5.57 Å². The molecular weight excluding hydrogens is 473 g/mol. The fourth-order valence-corrected chi connectivity index (χ4v) is 5.03. The molecule has 7 nitrogen and oxygen atoms in total. The van der Waals surface area contributed by atoms with Crippen LogP contribution < -0.4 is 4.74 Å². The number of ether oxygens (including phenoxy) is 2. The van der Waals surface area contributed by atoms with Crippen molar-refractivity contribution in [3.63, 3.8) is 0 Å². The van der Waals surface area contributed by atoms with Gasteiger partial charge >= 0.3 is 5.97 Å². The van der Waals surface area contributed by atoms with Crippen molar-refractivity contribution in [2.45, 2.75) is 65.4 Å². The maximum atomic E-state index is 14.4. The molecule has 4 rings (SSSR count). The fraction of sp³-hybridized carbons (Fsp3) is 0.448. The summed E-state index contributed by atoms with van der Waals surface area (Å²) in [5, 5.41) is 9.64. The van der Waals surface area contributed by atoms with Crippen molar-refractivity contribution in [3.05, 3.63) is 70.4 Å². The number of aryl methyl sites for hydroxylation is 2. The van der Waals surface area contributed by atoms with E-state index in [-0.39, 0.29) is 23.5 Å². The molecule has 0 spiro atoms. The average molecular weight is 508 g/mol. The number of fused-ring (bicyclic) bond motifs is 1. The SMILES string of the molecule is C=N/C(=C\C(=C(/C)F)c1ncc(C2CCc3ccc([C@H](C4CC4)[C@H](C)C(=O)O)cc3O2)nc1C)OCC. The summed E-state index contributed by atoms with van der Waals surface area (Å²) in [6.45, 7) is 10.6. The summed E-state index contributed by atoms with van der Waals surface area (Å²) in [6, 6.07) is 6.12. The van der Waals surface area contributed by atoms with Gasteiger partial charge in [-0.2, -0.15) is 0 Å². The van der Waals surface area contributed by atoms with Gasteiger partial charge in [0.15, 0.2) is 0 Å². The number of aromatic nitrogens is 2. The number of aliphatic imine (C=N–C) groups is 1. The number of hydrogen-bond acceptors (Lipinski definition) is 6. The number of aliphatic carboxylic acids is 1. The molecule has 8 heteroatoms. The second-order valence-corrected chi connectivity index (χ2v) is 9.75. The first-order valence-electron chi connectivity index (χ1n) is 12.8. The van der Waals surface area contributed by atoms with Crippen molar-refractivity contribution in [1.29, 1.82) is 0 Å². The van der Waals surface area contributed by atoms with Gasteiger partial charge in [-0.1, -0.05) is 19.1 Å². The Kier molecular flexibility index (Phi) is 8.05. The Bertz CT molecular complexity index is 1250. The van der Waals surface area contributed by atoms with Crippen LogP contribution in [0.2, 0.25) is 0 Å². The van der Waals surface area contributed by atoms with Gasteiger partial charge in [0.05, 0.1) is 35.8 Å². The van der Waals surface area contributed by atoms with E-state index in [2.05, 4.69) is 28.8 Å². The van der Waals surface area contributed by atoms with Crippen LogP contribution in [-0.4, -0.2) is 34.4 Å². The Labute approximate surface area is 217 Å². The molecule has 1 unspecified atom stereocenters. The average Bonchev–Trinajstić information content (AvgIpc) is 3.71. The van der Waals surface area contributed by atoms with Gasteiger partial charge in [-0.3, -0.25) is 14.8 Å². The zero-order valence-electron chi connectivity index (χ0n) is 21.8. The molecule has 1 saturated carbocycles. The number of halogens is 1. The third kappa shape index (κ3) is 5.89. The Morgan fingerprint density at radius 1 is 1.38 bits per heavy atom. The van der Waals surface area contributed by atoms with Crippen LogP contribution in [0.15, 0.2) is 47.2 Å². The van der Waals surface area contributed by atoms with Gasteiger partial charge in [0.2, 0.25) is 5.88 Å². The number of hydrogen-bond donors (Lipinski definition) is 1. The molecule has 196 valence electrons. The molecule has 1 aliphatic heterocycles. The third-order valence-electron chi connectivity index (χ3n) is 7.12. The van der Waals surface area contributed by atoms with Crippen LogP contribution in [0.4, 0.5) is 4.39 Å². The first-order chi connectivity index (χ1) is 17.7. The highest BCUT2D eigenvalue weighted by molar-refractivity contribution is 5.75. The van der Waals surface area contributed by atoms with E-state index in [0.717, 1.165) is 42.6 Å². The van der Waals surface area contributed by atoms with Gasteiger partial charge in [-0.05, 0) is 82.2 Å². The summed E-state index contributed by atoms with van der Waals surface area (Å²) < 4.78 is 26.2. The Balaban J connectivity index is 1.59. The summed E-state index contributed by atoms with van der Waals surface area (Å²) in [4.78, 5) is 24.8. The molecule has 0 saturated heterocycles. The summed E-state index contributed by atoms with van der Waals surface area (Å²) >= 11 is 0. The smallest absolute Gasteiger partial charge is 0.306 e. The minimum absolute atomic E-state index is 0.0260. The van der Waals surface area contributed by atoms with Crippen LogP contribution in [0.3, 0.4) is 0 Å². The van der Waals surface area contributed by atoms with Crippen LogP contribution >= 0.6 is 0 Å². The molecule has 2 heterocycles. The zero-order chi connectivity index (χ0) is 26.7. The topological polar surface area (TPSA) is 93.9 Å². The Hall–Kier alpha value is -3.55. The molecule has 3 atom stereocenters. The normalized spacial score (nSPS) is 19.7. The summed E-state index contributed by atoms with van der Waals surface area (Å²) in [6.07, 6.45) is 6.46. The van der Waals surface area contributed by atoms with Gasteiger partial charge in [0, 0.05) is 11.6 Å². The van der Waals surface area contributed by atoms with E-state index in [1.54, 1.807) is 20.0 Å². The predicted molar refractivity (Wildman–Crippen MR) is 140 cm³/mol. The highest BCUT2D eigenvalue weighted by Gasteiger charge is 2.39. The lowest BCUT2D eigenvalue weighted by Crippen LogP contribution is -2.22. The van der Waals surface area contributed by atoms with E-state index in [4.69, 9.17) is 14.5 Å². The lowest BCUT2D eigenvalue weighted by atomic mass is 9.82. The molecule has 1 aliphatic carbocycles. The van der Waals surface area contributed by atoms with Crippen molar-refractivity contribution in [3.8, 4) is 5.75 Å². The molecule has 2 aliphatic rings. The number of nitrogens with zero attached hydrogens (tertiary/aromatic N) is 3. The van der Waals surface area contributed by atoms with E-state index < -0.39 is 17.7 Å². The van der Waals surface area contributed by atoms with E-state index in [1.165, 1.54) is 13.0 Å². The summed E-state index contributed by atoms with van der Waals surface area (Å²) in [7, 11) is 0. The highest BCUT2D eigenvalue weighted by Crippen LogP contribution is 2.48. The third-order valence-corrected chi connectivity index (χ3v) is 7.12. The quantitative estimate of drug-likeness (QED) is 0.229. The van der Waals surface area contributed by atoms with Gasteiger partial charge < -0.3 is 14.6 Å². The Morgan fingerprint density at radius 2 is 2.14 bits per heavy atom. The van der Waals surface area contributed by atoms with Gasteiger partial charge in [-0.15, -0.1) is 0 Å². The molecule has 1 fully saturated rings. The van der Waals surface area contributed by atoms with Crippen molar-refractivity contribution >= 4 is 18.3 Å². The van der Waals surface area contributed by atoms with Crippen molar-refractivity contribution in [1.82, 2.24) is 9.97 Å². The van der Waals surface area contributed by atoms with Gasteiger partial charge in [0.25, 0.3) is 0 Å². The summed E-state index contributed by atoms with van der Waals surface area (Å²) in [5.74, 6) is -0.306. The van der Waals surface area contributed by atoms with E-state index in [1.807, 2.05) is 13.0 Å². The molecule has 0 bridgehead atoms. The predicted octanol–water partition coefficient (Wildman–Crippen LogP) is 6.34. The standard InChI is InChI=1S/C29H34FN3O4/c1-6-36-26(31-5)14-22(17(3)30)28-18(4)33-23(15-32-28)24-12-11-19-7-10-21(13-25(19)37-24)27(20-8-9-20)16(2)29(34)35/h7,10,13-16,20,24,27H,5-6,8-9,11-12H2,1-4H3,(H,34,35)/b22-17-,26-14+/t16-,24?,27-/m0/s1. The van der Waals surface area contributed by atoms with E-state index in [9.17, 15) is 14.3 Å². The number of carbonyl (C=O) groups is 1.